The van der Waals surface area contributed by atoms with Gasteiger partial charge < -0.3 is 4.98 Å². The predicted molar refractivity (Wildman–Crippen MR) is 98.6 cm³/mol. The van der Waals surface area contributed by atoms with Gasteiger partial charge in [0.1, 0.15) is 0 Å². The number of rotatable bonds is 5. The van der Waals surface area contributed by atoms with Gasteiger partial charge in [0.2, 0.25) is 0 Å². The van der Waals surface area contributed by atoms with Crippen LogP contribution in [0.15, 0.2) is 58.8 Å². The zero-order chi connectivity index (χ0) is 16.9. The molecule has 1 amide bonds. The number of hydrogen-bond acceptors (Lipinski definition) is 4. The quantitative estimate of drug-likeness (QED) is 0.413. The number of aromatic nitrogens is 2. The molecule has 0 aliphatic carbocycles. The molecule has 0 radical (unpaired) electrons. The molecular weight excluding hydrogens is 344 g/mol. The molecule has 3 aromatic rings. The number of fused-ring (bicyclic) bond motifs is 1. The van der Waals surface area contributed by atoms with Crippen LogP contribution in [0.2, 0.25) is 5.02 Å². The Balaban J connectivity index is 1.55. The van der Waals surface area contributed by atoms with E-state index in [1.165, 1.54) is 11.8 Å². The second kappa shape index (κ2) is 7.51. The summed E-state index contributed by atoms with van der Waals surface area (Å²) in [7, 11) is 0. The van der Waals surface area contributed by atoms with Gasteiger partial charge >= 0.3 is 0 Å². The Bertz CT molecular complexity index is 856. The number of carbonyl (C=O) groups is 1. The first-order valence-electron chi connectivity index (χ1n) is 7.28. The van der Waals surface area contributed by atoms with Crippen molar-refractivity contribution in [2.75, 3.05) is 5.75 Å². The lowest BCUT2D eigenvalue weighted by atomic mass is 10.1. The van der Waals surface area contributed by atoms with Gasteiger partial charge in [-0.2, -0.15) is 5.10 Å². The normalized spacial score (nSPS) is 11.7. The molecule has 0 saturated carbocycles. The third-order valence-electron chi connectivity index (χ3n) is 3.32. The Labute approximate surface area is 148 Å². The highest BCUT2D eigenvalue weighted by atomic mass is 35.5. The first kappa shape index (κ1) is 16.5. The summed E-state index contributed by atoms with van der Waals surface area (Å²) < 4.78 is 0. The fourth-order valence-electron chi connectivity index (χ4n) is 2.07. The summed E-state index contributed by atoms with van der Waals surface area (Å²) in [5.41, 5.74) is 6.02. The van der Waals surface area contributed by atoms with Crippen LogP contribution in [0.25, 0.3) is 11.0 Å². The number of para-hydroxylation sites is 2. The third kappa shape index (κ3) is 4.15. The minimum atomic E-state index is -0.186. The maximum absolute atomic E-state index is 11.9. The number of imidazole rings is 1. The Morgan fingerprint density at radius 1 is 1.25 bits per heavy atom. The molecule has 2 aromatic carbocycles. The van der Waals surface area contributed by atoms with Crippen LogP contribution in [-0.2, 0) is 4.79 Å². The lowest BCUT2D eigenvalue weighted by molar-refractivity contribution is -0.118. The Kier molecular flexibility index (Phi) is 5.17. The van der Waals surface area contributed by atoms with Crippen LogP contribution in [-0.4, -0.2) is 27.3 Å². The van der Waals surface area contributed by atoms with Crippen LogP contribution < -0.4 is 5.43 Å². The predicted octanol–water partition coefficient (Wildman–Crippen LogP) is 3.85. The number of halogens is 1. The molecule has 0 spiro atoms. The fraction of sp³-hybridized carbons (Fsp3) is 0.118. The van der Waals surface area contributed by atoms with Gasteiger partial charge in [-0.05, 0) is 36.8 Å². The number of hydrazone groups is 1. The molecule has 7 heteroatoms. The Hall–Kier alpha value is -2.31. The maximum atomic E-state index is 11.9. The van der Waals surface area contributed by atoms with Gasteiger partial charge in [-0.1, -0.05) is 47.6 Å². The summed E-state index contributed by atoms with van der Waals surface area (Å²) in [6.07, 6.45) is 0. The summed E-state index contributed by atoms with van der Waals surface area (Å²) in [6, 6.07) is 15.0. The van der Waals surface area contributed by atoms with Crippen LogP contribution in [0.1, 0.15) is 12.5 Å². The van der Waals surface area contributed by atoms with Gasteiger partial charge in [0.15, 0.2) is 5.16 Å². The average Bonchev–Trinajstić information content (AvgIpc) is 3.01. The number of thioether (sulfide) groups is 1. The van der Waals surface area contributed by atoms with E-state index in [9.17, 15) is 4.79 Å². The highest BCUT2D eigenvalue weighted by Crippen LogP contribution is 2.18. The number of nitrogens with one attached hydrogen (secondary N) is 2. The van der Waals surface area contributed by atoms with Gasteiger partial charge in [0, 0.05) is 5.02 Å². The molecular formula is C17H15ClN4OS. The van der Waals surface area contributed by atoms with Gasteiger partial charge in [-0.25, -0.2) is 10.4 Å². The second-order valence-electron chi connectivity index (χ2n) is 5.09. The smallest absolute Gasteiger partial charge is 0.250 e. The monoisotopic (exact) mass is 358 g/mol. The lowest BCUT2D eigenvalue weighted by Crippen LogP contribution is -2.21. The fourth-order valence-corrected chi connectivity index (χ4v) is 2.87. The van der Waals surface area contributed by atoms with E-state index < -0.39 is 0 Å². The molecule has 0 aliphatic rings. The summed E-state index contributed by atoms with van der Waals surface area (Å²) in [5.74, 6) is 0.0470. The van der Waals surface area contributed by atoms with Crippen molar-refractivity contribution in [3.63, 3.8) is 0 Å². The molecule has 1 heterocycles. The van der Waals surface area contributed by atoms with Crippen molar-refractivity contribution in [2.24, 2.45) is 5.10 Å². The standard InChI is InChI=1S/C17H15ClN4OS/c1-11(12-6-8-13(18)9-7-12)21-22-16(23)10-24-17-19-14-4-2-3-5-15(14)20-17/h2-9H,10H2,1H3,(H,19,20)(H,22,23)/b21-11-. The molecule has 0 unspecified atom stereocenters. The molecule has 5 nitrogen and oxygen atoms in total. The van der Waals surface area contributed by atoms with Crippen molar-refractivity contribution >= 4 is 46.0 Å². The number of hydrogen-bond donors (Lipinski definition) is 2. The van der Waals surface area contributed by atoms with Crippen molar-refractivity contribution in [2.45, 2.75) is 12.1 Å². The molecule has 0 bridgehead atoms. The zero-order valence-electron chi connectivity index (χ0n) is 12.9. The number of benzene rings is 2. The van der Waals surface area contributed by atoms with Gasteiger partial charge in [-0.15, -0.1) is 0 Å². The van der Waals surface area contributed by atoms with Crippen molar-refractivity contribution < 1.29 is 4.79 Å². The molecule has 122 valence electrons. The van der Waals surface area contributed by atoms with Crippen molar-refractivity contribution in [1.29, 1.82) is 0 Å². The van der Waals surface area contributed by atoms with E-state index in [2.05, 4.69) is 20.5 Å². The van der Waals surface area contributed by atoms with Crippen LogP contribution in [0.5, 0.6) is 0 Å². The number of H-pyrrole nitrogens is 1. The minimum absolute atomic E-state index is 0.186. The largest absolute Gasteiger partial charge is 0.333 e. The van der Waals surface area contributed by atoms with Crippen LogP contribution >= 0.6 is 23.4 Å². The van der Waals surface area contributed by atoms with Gasteiger partial charge in [-0.3, -0.25) is 4.79 Å². The summed E-state index contributed by atoms with van der Waals surface area (Å²) >= 11 is 7.19. The highest BCUT2D eigenvalue weighted by Gasteiger charge is 2.06. The SMILES string of the molecule is C/C(=N/NC(=O)CSc1nc2ccccc2[nH]1)c1ccc(Cl)cc1. The van der Waals surface area contributed by atoms with Gasteiger partial charge in [0.25, 0.3) is 5.91 Å². The summed E-state index contributed by atoms with van der Waals surface area (Å²) in [5, 5.41) is 5.49. The molecule has 0 fully saturated rings. The molecule has 24 heavy (non-hydrogen) atoms. The number of nitrogens with zero attached hydrogens (tertiary/aromatic N) is 2. The molecule has 1 aromatic heterocycles. The van der Waals surface area contributed by atoms with E-state index in [0.717, 1.165) is 16.6 Å². The number of carbonyl (C=O) groups excluding carboxylic acids is 1. The minimum Gasteiger partial charge on any atom is -0.333 e. The van der Waals surface area contributed by atoms with Crippen LogP contribution in [0, 0.1) is 0 Å². The Morgan fingerprint density at radius 3 is 2.75 bits per heavy atom. The second-order valence-corrected chi connectivity index (χ2v) is 6.49. The molecule has 0 aliphatic heterocycles. The van der Waals surface area contributed by atoms with Crippen molar-refractivity contribution in [1.82, 2.24) is 15.4 Å². The number of aromatic amines is 1. The lowest BCUT2D eigenvalue weighted by Gasteiger charge is -2.02. The van der Waals surface area contributed by atoms with Crippen molar-refractivity contribution in [3.8, 4) is 0 Å². The van der Waals surface area contributed by atoms with E-state index in [-0.39, 0.29) is 11.7 Å². The average molecular weight is 359 g/mol. The van der Waals surface area contributed by atoms with Crippen LogP contribution in [0.3, 0.4) is 0 Å². The first-order chi connectivity index (χ1) is 11.6. The molecule has 3 rings (SSSR count). The van der Waals surface area contributed by atoms with E-state index >= 15 is 0 Å². The van der Waals surface area contributed by atoms with E-state index in [0.29, 0.717) is 15.9 Å². The Morgan fingerprint density at radius 2 is 2.00 bits per heavy atom. The van der Waals surface area contributed by atoms with E-state index in [1.54, 1.807) is 12.1 Å². The molecule has 2 N–H and O–H groups in total. The zero-order valence-corrected chi connectivity index (χ0v) is 14.5. The number of amides is 1. The van der Waals surface area contributed by atoms with E-state index in [1.807, 2.05) is 43.3 Å². The molecule has 0 saturated heterocycles. The summed E-state index contributed by atoms with van der Waals surface area (Å²) in [6.45, 7) is 1.83. The van der Waals surface area contributed by atoms with Crippen molar-refractivity contribution in [3.05, 3.63) is 59.1 Å². The van der Waals surface area contributed by atoms with Crippen LogP contribution in [0.4, 0.5) is 0 Å². The molecule has 0 atom stereocenters. The third-order valence-corrected chi connectivity index (χ3v) is 4.44. The van der Waals surface area contributed by atoms with E-state index in [4.69, 9.17) is 11.6 Å². The van der Waals surface area contributed by atoms with Gasteiger partial charge in [0.05, 0.1) is 22.5 Å². The summed E-state index contributed by atoms with van der Waals surface area (Å²) in [4.78, 5) is 19.5. The maximum Gasteiger partial charge on any atom is 0.250 e. The first-order valence-corrected chi connectivity index (χ1v) is 8.65. The topological polar surface area (TPSA) is 70.1 Å². The highest BCUT2D eigenvalue weighted by molar-refractivity contribution is 7.99.